The summed E-state index contributed by atoms with van der Waals surface area (Å²) >= 11 is 0. The molecule has 0 unspecified atom stereocenters. The first-order valence-electron chi connectivity index (χ1n) is 4.25. The second-order valence-electron chi connectivity index (χ2n) is 3.12. The molecule has 0 saturated heterocycles. The van der Waals surface area contributed by atoms with Crippen LogP contribution in [0.15, 0.2) is 12.7 Å². The van der Waals surface area contributed by atoms with Crippen molar-refractivity contribution in [3.8, 4) is 0 Å². The Kier molecular flexibility index (Phi) is 6.38. The molecule has 12 heavy (non-hydrogen) atoms. The number of hydrogen-bond donors (Lipinski definition) is 2. The molecular formula is C9H18N2O. The van der Waals surface area contributed by atoms with Gasteiger partial charge in [0.2, 0.25) is 5.91 Å². The van der Waals surface area contributed by atoms with Gasteiger partial charge in [-0.1, -0.05) is 19.9 Å². The van der Waals surface area contributed by atoms with E-state index in [-0.39, 0.29) is 5.91 Å². The van der Waals surface area contributed by atoms with E-state index in [1.807, 2.05) is 0 Å². The van der Waals surface area contributed by atoms with Gasteiger partial charge >= 0.3 is 0 Å². The van der Waals surface area contributed by atoms with Gasteiger partial charge in [-0.15, -0.1) is 6.58 Å². The molecule has 0 bridgehead atoms. The zero-order valence-electron chi connectivity index (χ0n) is 7.89. The highest BCUT2D eigenvalue weighted by atomic mass is 16.1. The topological polar surface area (TPSA) is 41.1 Å². The Morgan fingerprint density at radius 2 is 2.25 bits per heavy atom. The van der Waals surface area contributed by atoms with E-state index in [0.29, 0.717) is 19.0 Å². The van der Waals surface area contributed by atoms with Crippen LogP contribution in [0.3, 0.4) is 0 Å². The third-order valence-corrected chi connectivity index (χ3v) is 1.28. The maximum atomic E-state index is 11.0. The van der Waals surface area contributed by atoms with Crippen LogP contribution in [0.4, 0.5) is 0 Å². The van der Waals surface area contributed by atoms with Crippen molar-refractivity contribution in [1.29, 1.82) is 0 Å². The number of carbonyl (C=O) groups excluding carboxylic acids is 1. The fourth-order valence-electron chi connectivity index (χ4n) is 0.668. The van der Waals surface area contributed by atoms with E-state index in [1.54, 1.807) is 6.08 Å². The lowest BCUT2D eigenvalue weighted by atomic mass is 10.2. The average molecular weight is 170 g/mol. The predicted octanol–water partition coefficient (Wildman–Crippen LogP) is 0.534. The molecule has 3 heteroatoms. The van der Waals surface area contributed by atoms with E-state index in [9.17, 15) is 4.79 Å². The van der Waals surface area contributed by atoms with Crippen LogP contribution in [0.2, 0.25) is 0 Å². The van der Waals surface area contributed by atoms with E-state index >= 15 is 0 Å². The van der Waals surface area contributed by atoms with Crippen molar-refractivity contribution in [1.82, 2.24) is 10.6 Å². The van der Waals surface area contributed by atoms with Gasteiger partial charge in [-0.25, -0.2) is 0 Å². The molecule has 0 rings (SSSR count). The van der Waals surface area contributed by atoms with Crippen LogP contribution in [0.5, 0.6) is 0 Å². The van der Waals surface area contributed by atoms with E-state index < -0.39 is 0 Å². The van der Waals surface area contributed by atoms with Gasteiger partial charge in [0, 0.05) is 13.1 Å². The summed E-state index contributed by atoms with van der Waals surface area (Å²) in [4.78, 5) is 11.0. The lowest BCUT2D eigenvalue weighted by molar-refractivity contribution is -0.120. The zero-order valence-corrected chi connectivity index (χ0v) is 7.89. The largest absolute Gasteiger partial charge is 0.355 e. The summed E-state index contributed by atoms with van der Waals surface area (Å²) in [5, 5.41) is 5.73. The molecule has 70 valence electrons. The first kappa shape index (κ1) is 11.2. The van der Waals surface area contributed by atoms with Crippen LogP contribution in [-0.2, 0) is 4.79 Å². The van der Waals surface area contributed by atoms with Gasteiger partial charge in [-0.3, -0.25) is 4.79 Å². The molecule has 0 atom stereocenters. The van der Waals surface area contributed by atoms with Crippen LogP contribution in [-0.4, -0.2) is 25.5 Å². The molecule has 3 nitrogen and oxygen atoms in total. The number of hydrogen-bond acceptors (Lipinski definition) is 2. The second kappa shape index (κ2) is 6.85. The summed E-state index contributed by atoms with van der Waals surface area (Å²) in [5.74, 6) is 0.555. The number of carbonyl (C=O) groups is 1. The molecule has 0 aromatic heterocycles. The Morgan fingerprint density at radius 1 is 1.58 bits per heavy atom. The van der Waals surface area contributed by atoms with Crippen LogP contribution in [0.25, 0.3) is 0 Å². The zero-order chi connectivity index (χ0) is 9.40. The highest BCUT2D eigenvalue weighted by Crippen LogP contribution is 1.85. The highest BCUT2D eigenvalue weighted by molar-refractivity contribution is 5.77. The molecule has 0 heterocycles. The molecule has 1 amide bonds. The quantitative estimate of drug-likeness (QED) is 0.451. The van der Waals surface area contributed by atoms with Gasteiger partial charge < -0.3 is 10.6 Å². The maximum Gasteiger partial charge on any atom is 0.233 e. The van der Waals surface area contributed by atoms with Gasteiger partial charge in [0.05, 0.1) is 6.54 Å². The van der Waals surface area contributed by atoms with Crippen molar-refractivity contribution in [3.05, 3.63) is 12.7 Å². The molecule has 0 saturated carbocycles. The molecule has 0 aromatic rings. The minimum absolute atomic E-state index is 0.0468. The molecular weight excluding hydrogens is 152 g/mol. The Balaban J connectivity index is 3.27. The minimum Gasteiger partial charge on any atom is -0.355 e. The van der Waals surface area contributed by atoms with Gasteiger partial charge in [-0.05, 0) is 5.92 Å². The Hall–Kier alpha value is -0.830. The van der Waals surface area contributed by atoms with Crippen molar-refractivity contribution in [3.63, 3.8) is 0 Å². The number of rotatable bonds is 6. The van der Waals surface area contributed by atoms with Crippen molar-refractivity contribution >= 4 is 5.91 Å². The van der Waals surface area contributed by atoms with Gasteiger partial charge in [0.25, 0.3) is 0 Å². The third kappa shape index (κ3) is 7.28. The molecule has 0 aliphatic carbocycles. The summed E-state index contributed by atoms with van der Waals surface area (Å²) in [6.45, 7) is 9.47. The Morgan fingerprint density at radius 3 is 2.75 bits per heavy atom. The average Bonchev–Trinajstić information content (AvgIpc) is 2.01. The molecule has 0 spiro atoms. The SMILES string of the molecule is C=CCNCC(=O)NCC(C)C. The molecule has 0 fully saturated rings. The van der Waals surface area contributed by atoms with Gasteiger partial charge in [0.1, 0.15) is 0 Å². The summed E-state index contributed by atoms with van der Waals surface area (Å²) in [5.41, 5.74) is 0. The van der Waals surface area contributed by atoms with Crippen LogP contribution in [0.1, 0.15) is 13.8 Å². The summed E-state index contributed by atoms with van der Waals surface area (Å²) in [6, 6.07) is 0. The van der Waals surface area contributed by atoms with E-state index in [2.05, 4.69) is 31.1 Å². The first-order chi connectivity index (χ1) is 5.66. The van der Waals surface area contributed by atoms with Crippen molar-refractivity contribution < 1.29 is 4.79 Å². The number of amides is 1. The normalized spacial score (nSPS) is 9.92. The molecule has 0 aromatic carbocycles. The van der Waals surface area contributed by atoms with Crippen LogP contribution < -0.4 is 10.6 Å². The second-order valence-corrected chi connectivity index (χ2v) is 3.12. The molecule has 0 aliphatic heterocycles. The molecule has 2 N–H and O–H groups in total. The first-order valence-corrected chi connectivity index (χ1v) is 4.25. The standard InChI is InChI=1S/C9H18N2O/c1-4-5-10-7-9(12)11-6-8(2)3/h4,8,10H,1,5-7H2,2-3H3,(H,11,12). The van der Waals surface area contributed by atoms with Crippen molar-refractivity contribution in [2.75, 3.05) is 19.6 Å². The third-order valence-electron chi connectivity index (χ3n) is 1.28. The Labute approximate surface area is 74.2 Å². The summed E-state index contributed by atoms with van der Waals surface area (Å²) in [6.07, 6.45) is 1.73. The maximum absolute atomic E-state index is 11.0. The molecule has 0 aliphatic rings. The van der Waals surface area contributed by atoms with Gasteiger partial charge in [-0.2, -0.15) is 0 Å². The number of nitrogens with one attached hydrogen (secondary N) is 2. The lowest BCUT2D eigenvalue weighted by Crippen LogP contribution is -2.35. The van der Waals surface area contributed by atoms with Crippen LogP contribution in [0, 0.1) is 5.92 Å². The Bertz CT molecular complexity index is 143. The minimum atomic E-state index is 0.0468. The van der Waals surface area contributed by atoms with Gasteiger partial charge in [0.15, 0.2) is 0 Å². The monoisotopic (exact) mass is 170 g/mol. The summed E-state index contributed by atoms with van der Waals surface area (Å²) < 4.78 is 0. The van der Waals surface area contributed by atoms with Crippen LogP contribution >= 0.6 is 0 Å². The van der Waals surface area contributed by atoms with Crippen molar-refractivity contribution in [2.45, 2.75) is 13.8 Å². The fourth-order valence-corrected chi connectivity index (χ4v) is 0.668. The van der Waals surface area contributed by atoms with E-state index in [4.69, 9.17) is 0 Å². The highest BCUT2D eigenvalue weighted by Gasteiger charge is 1.99. The fraction of sp³-hybridized carbons (Fsp3) is 0.667. The predicted molar refractivity (Wildman–Crippen MR) is 50.9 cm³/mol. The van der Waals surface area contributed by atoms with Crippen molar-refractivity contribution in [2.24, 2.45) is 5.92 Å². The smallest absolute Gasteiger partial charge is 0.233 e. The van der Waals surface area contributed by atoms with E-state index in [1.165, 1.54) is 0 Å². The molecule has 0 radical (unpaired) electrons. The summed E-state index contributed by atoms with van der Waals surface area (Å²) in [7, 11) is 0. The lowest BCUT2D eigenvalue weighted by Gasteiger charge is -2.07. The van der Waals surface area contributed by atoms with E-state index in [0.717, 1.165) is 6.54 Å².